The van der Waals surface area contributed by atoms with Gasteiger partial charge in [0.2, 0.25) is 5.95 Å². The molecule has 0 bridgehead atoms. The Balaban J connectivity index is 1.53. The van der Waals surface area contributed by atoms with Crippen LogP contribution in [0.25, 0.3) is 11.3 Å². The predicted octanol–water partition coefficient (Wildman–Crippen LogP) is 4.46. The molecule has 0 saturated carbocycles. The van der Waals surface area contributed by atoms with Gasteiger partial charge < -0.3 is 20.7 Å². The molecule has 34 heavy (non-hydrogen) atoms. The lowest BCUT2D eigenvalue weighted by Crippen LogP contribution is -2.34. The average Bonchev–Trinajstić information content (AvgIpc) is 2.78. The van der Waals surface area contributed by atoms with E-state index in [1.54, 1.807) is 12.1 Å². The molecule has 1 aliphatic rings. The summed E-state index contributed by atoms with van der Waals surface area (Å²) in [6.07, 6.45) is 3.62. The van der Waals surface area contributed by atoms with Gasteiger partial charge in [-0.3, -0.25) is 4.79 Å². The summed E-state index contributed by atoms with van der Waals surface area (Å²) in [5, 5.41) is 3.02. The quantitative estimate of drug-likeness (QED) is 0.537. The standard InChI is InChI=1S/C26H30FN5O2/c1-16-6-4-7-17(2)23(16)24-20(25(28)33)13-29-26(31-24)30-19-9-10-22(21(27)12-19)34-15-18-8-5-11-32(3)14-18/h4,6-7,9-10,12-13,18H,5,8,11,14-15H2,1-3H3,(H2,28,33)(H,29,30,31). The number of carbonyl (C=O) groups excluding carboxylic acids is 1. The Morgan fingerprint density at radius 3 is 2.71 bits per heavy atom. The van der Waals surface area contributed by atoms with Crippen LogP contribution < -0.4 is 15.8 Å². The molecule has 2 heterocycles. The third-order valence-electron chi connectivity index (χ3n) is 6.16. The van der Waals surface area contributed by atoms with E-state index >= 15 is 0 Å². The Morgan fingerprint density at radius 1 is 1.26 bits per heavy atom. The van der Waals surface area contributed by atoms with E-state index in [9.17, 15) is 9.18 Å². The van der Waals surface area contributed by atoms with Crippen molar-refractivity contribution in [3.05, 3.63) is 65.1 Å². The van der Waals surface area contributed by atoms with Crippen molar-refractivity contribution in [1.82, 2.24) is 14.9 Å². The number of piperidine rings is 1. The van der Waals surface area contributed by atoms with Crippen LogP contribution in [0.3, 0.4) is 0 Å². The van der Waals surface area contributed by atoms with Crippen LogP contribution in [0.5, 0.6) is 5.75 Å². The molecule has 3 aromatic rings. The summed E-state index contributed by atoms with van der Waals surface area (Å²) in [5.41, 5.74) is 9.47. The molecule has 1 fully saturated rings. The maximum absolute atomic E-state index is 14.7. The Morgan fingerprint density at radius 2 is 2.03 bits per heavy atom. The van der Waals surface area contributed by atoms with Crippen molar-refractivity contribution in [2.45, 2.75) is 26.7 Å². The molecule has 3 N–H and O–H groups in total. The number of nitrogens with two attached hydrogens (primary N) is 1. The van der Waals surface area contributed by atoms with Gasteiger partial charge in [-0.1, -0.05) is 18.2 Å². The fourth-order valence-corrected chi connectivity index (χ4v) is 4.44. The van der Waals surface area contributed by atoms with Gasteiger partial charge in [-0.05, 0) is 63.5 Å². The fraction of sp³-hybridized carbons (Fsp3) is 0.346. The summed E-state index contributed by atoms with van der Waals surface area (Å²) >= 11 is 0. The van der Waals surface area contributed by atoms with Crippen LogP contribution in [-0.4, -0.2) is 47.5 Å². The first kappa shape index (κ1) is 23.6. The van der Waals surface area contributed by atoms with Crippen LogP contribution in [0.4, 0.5) is 16.0 Å². The monoisotopic (exact) mass is 463 g/mol. The number of halogens is 1. The molecular formula is C26H30FN5O2. The maximum atomic E-state index is 14.7. The van der Waals surface area contributed by atoms with Crippen LogP contribution >= 0.6 is 0 Å². The van der Waals surface area contributed by atoms with Crippen LogP contribution in [0.15, 0.2) is 42.6 Å². The highest BCUT2D eigenvalue weighted by Gasteiger charge is 2.19. The molecule has 1 aliphatic heterocycles. The van der Waals surface area contributed by atoms with Gasteiger partial charge in [0.1, 0.15) is 0 Å². The Kier molecular flexibility index (Phi) is 7.07. The molecule has 1 aromatic heterocycles. The van der Waals surface area contributed by atoms with Gasteiger partial charge in [0.05, 0.1) is 17.9 Å². The second kappa shape index (κ2) is 10.2. The summed E-state index contributed by atoms with van der Waals surface area (Å²) in [6.45, 7) is 6.44. The molecule has 0 radical (unpaired) electrons. The lowest BCUT2D eigenvalue weighted by Gasteiger charge is -2.29. The molecule has 1 atom stereocenters. The van der Waals surface area contributed by atoms with Crippen LogP contribution in [0, 0.1) is 25.6 Å². The third kappa shape index (κ3) is 5.34. The first-order valence-electron chi connectivity index (χ1n) is 11.4. The highest BCUT2D eigenvalue weighted by Crippen LogP contribution is 2.30. The predicted molar refractivity (Wildman–Crippen MR) is 131 cm³/mol. The van der Waals surface area contributed by atoms with Crippen LogP contribution in [-0.2, 0) is 0 Å². The number of nitrogens with one attached hydrogen (secondary N) is 1. The topological polar surface area (TPSA) is 93.4 Å². The fourth-order valence-electron chi connectivity index (χ4n) is 4.44. The molecule has 2 aromatic carbocycles. The van der Waals surface area contributed by atoms with Gasteiger partial charge in [-0.15, -0.1) is 0 Å². The lowest BCUT2D eigenvalue weighted by atomic mass is 9.97. The Labute approximate surface area is 199 Å². The number of benzene rings is 2. The second-order valence-electron chi connectivity index (χ2n) is 8.94. The molecular weight excluding hydrogens is 433 g/mol. The smallest absolute Gasteiger partial charge is 0.252 e. The van der Waals surface area contributed by atoms with E-state index in [0.717, 1.165) is 42.6 Å². The number of aryl methyl sites for hydroxylation is 2. The molecule has 0 aliphatic carbocycles. The van der Waals surface area contributed by atoms with Gasteiger partial charge in [0, 0.05) is 36.0 Å². The first-order chi connectivity index (χ1) is 16.3. The number of rotatable bonds is 7. The molecule has 178 valence electrons. The number of likely N-dealkylation sites (tertiary alicyclic amines) is 1. The van der Waals surface area contributed by atoms with Gasteiger partial charge >= 0.3 is 0 Å². The van der Waals surface area contributed by atoms with E-state index in [1.165, 1.54) is 12.3 Å². The summed E-state index contributed by atoms with van der Waals surface area (Å²) in [6, 6.07) is 10.5. The van der Waals surface area contributed by atoms with Crippen molar-refractivity contribution < 1.29 is 13.9 Å². The number of primary amides is 1. The normalized spacial score (nSPS) is 16.3. The minimum atomic E-state index is -0.610. The van der Waals surface area contributed by atoms with E-state index in [-0.39, 0.29) is 17.3 Å². The third-order valence-corrected chi connectivity index (χ3v) is 6.16. The zero-order valence-electron chi connectivity index (χ0n) is 19.8. The van der Waals surface area contributed by atoms with E-state index in [4.69, 9.17) is 10.5 Å². The molecule has 0 spiro atoms. The van der Waals surface area contributed by atoms with Crippen molar-refractivity contribution >= 4 is 17.5 Å². The summed E-state index contributed by atoms with van der Waals surface area (Å²) in [7, 11) is 2.09. The highest BCUT2D eigenvalue weighted by molar-refractivity contribution is 5.99. The van der Waals surface area contributed by atoms with Crippen molar-refractivity contribution in [3.8, 4) is 17.0 Å². The summed E-state index contributed by atoms with van der Waals surface area (Å²) < 4.78 is 20.5. The molecule has 1 saturated heterocycles. The van der Waals surface area contributed by atoms with Crippen molar-refractivity contribution in [2.75, 3.05) is 32.1 Å². The maximum Gasteiger partial charge on any atom is 0.252 e. The average molecular weight is 464 g/mol. The van der Waals surface area contributed by atoms with Crippen molar-refractivity contribution in [3.63, 3.8) is 0 Å². The molecule has 8 heteroatoms. The zero-order chi connectivity index (χ0) is 24.2. The van der Waals surface area contributed by atoms with E-state index < -0.39 is 11.7 Å². The van der Waals surface area contributed by atoms with Crippen molar-refractivity contribution in [2.24, 2.45) is 11.7 Å². The number of nitrogens with zero attached hydrogens (tertiary/aromatic N) is 3. The van der Waals surface area contributed by atoms with Gasteiger partial charge in [0.15, 0.2) is 11.6 Å². The van der Waals surface area contributed by atoms with Gasteiger partial charge in [-0.2, -0.15) is 0 Å². The lowest BCUT2D eigenvalue weighted by molar-refractivity contribution is 0.100. The number of anilines is 2. The number of carbonyl (C=O) groups is 1. The number of ether oxygens (including phenoxy) is 1. The number of hydrogen-bond donors (Lipinski definition) is 2. The number of aromatic nitrogens is 2. The van der Waals surface area contributed by atoms with Gasteiger partial charge in [0.25, 0.3) is 5.91 Å². The minimum absolute atomic E-state index is 0.222. The Bertz CT molecular complexity index is 1180. The van der Waals surface area contributed by atoms with E-state index in [0.29, 0.717) is 23.9 Å². The second-order valence-corrected chi connectivity index (χ2v) is 8.94. The highest BCUT2D eigenvalue weighted by atomic mass is 19.1. The van der Waals surface area contributed by atoms with E-state index in [1.807, 2.05) is 32.0 Å². The summed E-state index contributed by atoms with van der Waals surface area (Å²) in [5.74, 6) is -0.212. The first-order valence-corrected chi connectivity index (χ1v) is 11.4. The number of hydrogen-bond acceptors (Lipinski definition) is 6. The largest absolute Gasteiger partial charge is 0.490 e. The molecule has 4 rings (SSSR count). The van der Waals surface area contributed by atoms with Gasteiger partial charge in [-0.25, -0.2) is 14.4 Å². The molecule has 1 unspecified atom stereocenters. The SMILES string of the molecule is Cc1cccc(C)c1-c1nc(Nc2ccc(OCC3CCCN(C)C3)c(F)c2)ncc1C(N)=O. The molecule has 7 nitrogen and oxygen atoms in total. The number of amides is 1. The summed E-state index contributed by atoms with van der Waals surface area (Å²) in [4.78, 5) is 23.1. The van der Waals surface area contributed by atoms with Crippen molar-refractivity contribution in [1.29, 1.82) is 0 Å². The zero-order valence-corrected chi connectivity index (χ0v) is 19.8. The van der Waals surface area contributed by atoms with Crippen LogP contribution in [0.1, 0.15) is 34.3 Å². The minimum Gasteiger partial charge on any atom is -0.490 e. The van der Waals surface area contributed by atoms with Crippen LogP contribution in [0.2, 0.25) is 0 Å². The Hall–Kier alpha value is -3.52. The molecule has 1 amide bonds. The van der Waals surface area contributed by atoms with E-state index in [2.05, 4.69) is 27.2 Å².